The molecule has 6 heteroatoms. The quantitative estimate of drug-likeness (QED) is 0.634. The maximum absolute atomic E-state index is 12.7. The molecular formula is C9H7F2IN2O. The molecule has 0 saturated carbocycles. The van der Waals surface area contributed by atoms with E-state index in [2.05, 4.69) is 4.98 Å². The molecule has 0 radical (unpaired) electrons. The minimum atomic E-state index is -2.69. The van der Waals surface area contributed by atoms with Crippen molar-refractivity contribution in [3.8, 4) is 11.9 Å². The van der Waals surface area contributed by atoms with E-state index in [1.165, 1.54) is 13.2 Å². The summed E-state index contributed by atoms with van der Waals surface area (Å²) in [5, 5.41) is 8.52. The van der Waals surface area contributed by atoms with Crippen LogP contribution in [0.3, 0.4) is 0 Å². The molecule has 0 aromatic carbocycles. The lowest BCUT2D eigenvalue weighted by atomic mass is 10.1. The molecule has 1 rings (SSSR count). The third kappa shape index (κ3) is 2.75. The second-order valence-corrected chi connectivity index (χ2v) is 3.77. The van der Waals surface area contributed by atoms with Crippen LogP contribution in [0, 0.1) is 15.0 Å². The molecule has 0 aliphatic rings. The van der Waals surface area contributed by atoms with Crippen LogP contribution in [0.25, 0.3) is 0 Å². The Kier molecular flexibility index (Phi) is 4.20. The van der Waals surface area contributed by atoms with E-state index < -0.39 is 6.43 Å². The molecule has 80 valence electrons. The van der Waals surface area contributed by atoms with E-state index in [0.717, 1.165) is 0 Å². The first-order valence-electron chi connectivity index (χ1n) is 3.98. The van der Waals surface area contributed by atoms with Crippen LogP contribution in [-0.2, 0) is 6.42 Å². The van der Waals surface area contributed by atoms with Crippen LogP contribution >= 0.6 is 22.6 Å². The summed E-state index contributed by atoms with van der Waals surface area (Å²) in [4.78, 5) is 3.83. The number of nitrogens with zero attached hydrogens (tertiary/aromatic N) is 2. The summed E-state index contributed by atoms with van der Waals surface area (Å²) >= 11 is 1.89. The van der Waals surface area contributed by atoms with Crippen LogP contribution in [-0.4, -0.2) is 12.1 Å². The number of pyridine rings is 1. The molecule has 0 spiro atoms. The second-order valence-electron chi connectivity index (χ2n) is 2.66. The van der Waals surface area contributed by atoms with Crippen molar-refractivity contribution in [3.63, 3.8) is 0 Å². The minimum absolute atomic E-state index is 0.0748. The van der Waals surface area contributed by atoms with Crippen molar-refractivity contribution in [2.45, 2.75) is 12.8 Å². The summed E-state index contributed by atoms with van der Waals surface area (Å²) in [5.74, 6) is -0.109. The fourth-order valence-corrected chi connectivity index (χ4v) is 1.76. The Balaban J connectivity index is 3.34. The lowest BCUT2D eigenvalue weighted by molar-refractivity contribution is 0.145. The van der Waals surface area contributed by atoms with E-state index in [9.17, 15) is 8.78 Å². The van der Waals surface area contributed by atoms with Crippen molar-refractivity contribution in [1.29, 1.82) is 5.26 Å². The number of hydrogen-bond acceptors (Lipinski definition) is 3. The van der Waals surface area contributed by atoms with Gasteiger partial charge in [-0.3, -0.25) is 0 Å². The van der Waals surface area contributed by atoms with E-state index in [-0.39, 0.29) is 23.4 Å². The number of rotatable bonds is 3. The van der Waals surface area contributed by atoms with Gasteiger partial charge < -0.3 is 4.74 Å². The summed E-state index contributed by atoms with van der Waals surface area (Å²) in [6, 6.07) is 3.30. The van der Waals surface area contributed by atoms with E-state index >= 15 is 0 Å². The molecule has 3 nitrogen and oxygen atoms in total. The number of alkyl halides is 2. The molecule has 1 aromatic heterocycles. The zero-order valence-corrected chi connectivity index (χ0v) is 9.96. The Bertz CT molecular complexity index is 404. The molecule has 0 aliphatic carbocycles. The topological polar surface area (TPSA) is 45.9 Å². The van der Waals surface area contributed by atoms with Gasteiger partial charge in [0.15, 0.2) is 0 Å². The molecule has 0 bridgehead atoms. The number of aromatic nitrogens is 1. The molecule has 0 saturated heterocycles. The third-order valence-corrected chi connectivity index (χ3v) is 2.31. The van der Waals surface area contributed by atoms with Crippen molar-refractivity contribution in [2.75, 3.05) is 7.11 Å². The molecule has 0 amide bonds. The van der Waals surface area contributed by atoms with Gasteiger partial charge in [-0.1, -0.05) is 0 Å². The average molecular weight is 324 g/mol. The number of hydrogen-bond donors (Lipinski definition) is 0. The SMILES string of the molecule is COc1nc(I)cc(CC#N)c1C(F)F. The first-order valence-corrected chi connectivity index (χ1v) is 5.06. The van der Waals surface area contributed by atoms with Crippen LogP contribution in [0.2, 0.25) is 0 Å². The molecule has 15 heavy (non-hydrogen) atoms. The summed E-state index contributed by atoms with van der Waals surface area (Å²) in [6.07, 6.45) is -2.76. The minimum Gasteiger partial charge on any atom is -0.481 e. The number of halogens is 3. The standard InChI is InChI=1S/C9H7F2IN2O/c1-15-9-7(8(10)11)5(2-3-13)4-6(12)14-9/h4,8H,2H2,1H3. The van der Waals surface area contributed by atoms with Gasteiger partial charge in [0.05, 0.1) is 25.2 Å². The lowest BCUT2D eigenvalue weighted by Gasteiger charge is -2.10. The highest BCUT2D eigenvalue weighted by Gasteiger charge is 2.20. The highest BCUT2D eigenvalue weighted by atomic mass is 127. The highest BCUT2D eigenvalue weighted by Crippen LogP contribution is 2.31. The average Bonchev–Trinajstić information content (AvgIpc) is 2.16. The Morgan fingerprint density at radius 2 is 2.33 bits per heavy atom. The van der Waals surface area contributed by atoms with Gasteiger partial charge in [-0.15, -0.1) is 0 Å². The zero-order chi connectivity index (χ0) is 11.4. The summed E-state index contributed by atoms with van der Waals surface area (Å²) in [6.45, 7) is 0. The van der Waals surface area contributed by atoms with Crippen LogP contribution in [0.15, 0.2) is 6.07 Å². The van der Waals surface area contributed by atoms with Gasteiger partial charge >= 0.3 is 0 Å². The van der Waals surface area contributed by atoms with Crippen LogP contribution in [0.5, 0.6) is 5.88 Å². The third-order valence-electron chi connectivity index (χ3n) is 1.76. The Labute approximate surface area is 99.2 Å². The molecule has 0 fully saturated rings. The molecule has 0 atom stereocenters. The molecule has 1 heterocycles. The predicted molar refractivity (Wildman–Crippen MR) is 57.8 cm³/mol. The second kappa shape index (κ2) is 5.21. The van der Waals surface area contributed by atoms with Gasteiger partial charge in [0, 0.05) is 0 Å². The fraction of sp³-hybridized carbons (Fsp3) is 0.333. The highest BCUT2D eigenvalue weighted by molar-refractivity contribution is 14.1. The number of methoxy groups -OCH3 is 1. The van der Waals surface area contributed by atoms with Crippen molar-refractivity contribution in [3.05, 3.63) is 20.9 Å². The van der Waals surface area contributed by atoms with Gasteiger partial charge in [0.25, 0.3) is 6.43 Å². The van der Waals surface area contributed by atoms with Gasteiger partial charge in [0.2, 0.25) is 5.88 Å². The molecule has 0 aliphatic heterocycles. The summed E-state index contributed by atoms with van der Waals surface area (Å²) in [5.41, 5.74) is -0.0248. The van der Waals surface area contributed by atoms with Crippen LogP contribution in [0.1, 0.15) is 17.6 Å². The van der Waals surface area contributed by atoms with Gasteiger partial charge in [0.1, 0.15) is 3.70 Å². The van der Waals surface area contributed by atoms with Crippen LogP contribution in [0.4, 0.5) is 8.78 Å². The normalized spacial score (nSPS) is 10.1. The van der Waals surface area contributed by atoms with E-state index in [1.54, 1.807) is 0 Å². The van der Waals surface area contributed by atoms with E-state index in [1.807, 2.05) is 28.7 Å². The first kappa shape index (κ1) is 12.1. The van der Waals surface area contributed by atoms with E-state index in [4.69, 9.17) is 10.00 Å². The zero-order valence-electron chi connectivity index (χ0n) is 7.80. The van der Waals surface area contributed by atoms with Gasteiger partial charge in [-0.25, -0.2) is 13.8 Å². The van der Waals surface area contributed by atoms with Crippen molar-refractivity contribution >= 4 is 22.6 Å². The first-order chi connectivity index (χ1) is 7.10. The molecule has 1 aromatic rings. The molecular weight excluding hydrogens is 317 g/mol. The lowest BCUT2D eigenvalue weighted by Crippen LogP contribution is -2.02. The molecule has 0 N–H and O–H groups in total. The summed E-state index contributed by atoms with van der Waals surface area (Å²) < 4.78 is 30.7. The maximum atomic E-state index is 12.7. The number of nitriles is 1. The maximum Gasteiger partial charge on any atom is 0.269 e. The summed E-state index contributed by atoms with van der Waals surface area (Å²) in [7, 11) is 1.28. The fourth-order valence-electron chi connectivity index (χ4n) is 1.17. The smallest absolute Gasteiger partial charge is 0.269 e. The largest absolute Gasteiger partial charge is 0.481 e. The van der Waals surface area contributed by atoms with Crippen LogP contribution < -0.4 is 4.74 Å². The van der Waals surface area contributed by atoms with Gasteiger partial charge in [-0.05, 0) is 34.2 Å². The monoisotopic (exact) mass is 324 g/mol. The Morgan fingerprint density at radius 1 is 1.67 bits per heavy atom. The van der Waals surface area contributed by atoms with E-state index in [0.29, 0.717) is 3.70 Å². The van der Waals surface area contributed by atoms with Crippen molar-refractivity contribution in [2.24, 2.45) is 0 Å². The van der Waals surface area contributed by atoms with Crippen molar-refractivity contribution < 1.29 is 13.5 Å². The predicted octanol–water partition coefficient (Wildman–Crippen LogP) is 2.70. The van der Waals surface area contributed by atoms with Gasteiger partial charge in [-0.2, -0.15) is 5.26 Å². The Hall–Kier alpha value is -0.970. The van der Waals surface area contributed by atoms with Crippen molar-refractivity contribution in [1.82, 2.24) is 4.98 Å². The number of ether oxygens (including phenoxy) is 1. The Morgan fingerprint density at radius 3 is 2.80 bits per heavy atom. The molecule has 0 unspecified atom stereocenters.